The van der Waals surface area contributed by atoms with E-state index in [1.807, 2.05) is 6.07 Å². The van der Waals surface area contributed by atoms with Crippen LogP contribution < -0.4 is 11.3 Å². The Morgan fingerprint density at radius 3 is 3.00 bits per heavy atom. The van der Waals surface area contributed by atoms with Crippen LogP contribution in [0.25, 0.3) is 0 Å². The summed E-state index contributed by atoms with van der Waals surface area (Å²) in [7, 11) is 1.72. The standard InChI is InChI=1S/C8H11BrN6O/c1-15-13-7(12-14-15)4-6(11-10)5-2-3-16-8(5)9/h2-3,6,11H,4,10H2,1H3. The van der Waals surface area contributed by atoms with Crippen molar-refractivity contribution in [1.82, 2.24) is 25.6 Å². The van der Waals surface area contributed by atoms with Crippen LogP contribution >= 0.6 is 15.9 Å². The molecule has 0 spiro atoms. The average Bonchev–Trinajstić information content (AvgIpc) is 2.84. The van der Waals surface area contributed by atoms with Gasteiger partial charge in [-0.25, -0.2) is 0 Å². The molecule has 0 amide bonds. The maximum atomic E-state index is 5.49. The van der Waals surface area contributed by atoms with Gasteiger partial charge in [-0.05, 0) is 27.2 Å². The van der Waals surface area contributed by atoms with Gasteiger partial charge in [-0.1, -0.05) is 0 Å². The Balaban J connectivity index is 2.15. The molecule has 0 aliphatic rings. The molecule has 0 aliphatic heterocycles. The van der Waals surface area contributed by atoms with Crippen molar-refractivity contribution in [2.45, 2.75) is 12.5 Å². The zero-order chi connectivity index (χ0) is 11.5. The monoisotopic (exact) mass is 286 g/mol. The van der Waals surface area contributed by atoms with Gasteiger partial charge in [0.1, 0.15) is 0 Å². The van der Waals surface area contributed by atoms with E-state index in [1.54, 1.807) is 13.3 Å². The zero-order valence-electron chi connectivity index (χ0n) is 8.59. The Morgan fingerprint density at radius 2 is 2.50 bits per heavy atom. The summed E-state index contributed by atoms with van der Waals surface area (Å²) in [4.78, 5) is 1.41. The molecule has 7 nitrogen and oxygen atoms in total. The summed E-state index contributed by atoms with van der Waals surface area (Å²) in [5, 5.41) is 11.8. The number of hydrogen-bond acceptors (Lipinski definition) is 6. The van der Waals surface area contributed by atoms with Crippen LogP contribution in [0.3, 0.4) is 0 Å². The van der Waals surface area contributed by atoms with E-state index in [1.165, 1.54) is 4.80 Å². The average molecular weight is 287 g/mol. The zero-order valence-corrected chi connectivity index (χ0v) is 10.2. The molecule has 0 radical (unpaired) electrons. The third-order valence-electron chi connectivity index (χ3n) is 2.16. The first-order chi connectivity index (χ1) is 7.70. The summed E-state index contributed by atoms with van der Waals surface area (Å²) in [6.45, 7) is 0. The molecule has 0 aliphatic carbocycles. The van der Waals surface area contributed by atoms with E-state index in [2.05, 4.69) is 36.8 Å². The quantitative estimate of drug-likeness (QED) is 0.621. The van der Waals surface area contributed by atoms with Crippen molar-refractivity contribution < 1.29 is 4.42 Å². The molecule has 0 saturated carbocycles. The fourth-order valence-electron chi connectivity index (χ4n) is 1.40. The lowest BCUT2D eigenvalue weighted by molar-refractivity contribution is 0.500. The Bertz CT molecular complexity index is 467. The minimum atomic E-state index is -0.114. The lowest BCUT2D eigenvalue weighted by Gasteiger charge is -2.11. The van der Waals surface area contributed by atoms with Gasteiger partial charge in [-0.15, -0.1) is 10.2 Å². The highest BCUT2D eigenvalue weighted by Crippen LogP contribution is 2.25. The lowest BCUT2D eigenvalue weighted by atomic mass is 10.1. The molecule has 0 bridgehead atoms. The van der Waals surface area contributed by atoms with Gasteiger partial charge in [0.25, 0.3) is 0 Å². The van der Waals surface area contributed by atoms with Gasteiger partial charge in [-0.2, -0.15) is 4.80 Å². The van der Waals surface area contributed by atoms with E-state index in [4.69, 9.17) is 10.3 Å². The molecule has 8 heteroatoms. The minimum Gasteiger partial charge on any atom is -0.457 e. The van der Waals surface area contributed by atoms with Gasteiger partial charge in [0, 0.05) is 12.0 Å². The molecule has 1 unspecified atom stereocenters. The number of rotatable bonds is 4. The van der Waals surface area contributed by atoms with E-state index in [0.29, 0.717) is 16.9 Å². The first-order valence-electron chi connectivity index (χ1n) is 4.62. The highest BCUT2D eigenvalue weighted by Gasteiger charge is 2.18. The van der Waals surface area contributed by atoms with Crippen molar-refractivity contribution in [1.29, 1.82) is 0 Å². The Kier molecular flexibility index (Phi) is 3.32. The highest BCUT2D eigenvalue weighted by atomic mass is 79.9. The predicted molar refractivity (Wildman–Crippen MR) is 59.0 cm³/mol. The van der Waals surface area contributed by atoms with Crippen LogP contribution in [0.4, 0.5) is 0 Å². The number of nitrogens with zero attached hydrogens (tertiary/aromatic N) is 4. The van der Waals surface area contributed by atoms with E-state index in [-0.39, 0.29) is 6.04 Å². The van der Waals surface area contributed by atoms with Crippen LogP contribution in [-0.4, -0.2) is 20.2 Å². The van der Waals surface area contributed by atoms with Gasteiger partial charge in [-0.3, -0.25) is 11.3 Å². The fraction of sp³-hybridized carbons (Fsp3) is 0.375. The Labute approximate surface area is 100 Å². The SMILES string of the molecule is Cn1nnc(CC(NN)c2ccoc2Br)n1. The number of halogens is 1. The van der Waals surface area contributed by atoms with Gasteiger partial charge < -0.3 is 4.42 Å². The van der Waals surface area contributed by atoms with Crippen LogP contribution in [0.15, 0.2) is 21.4 Å². The van der Waals surface area contributed by atoms with Crippen molar-refractivity contribution in [3.8, 4) is 0 Å². The maximum absolute atomic E-state index is 5.49. The van der Waals surface area contributed by atoms with Crippen molar-refractivity contribution in [2.75, 3.05) is 0 Å². The van der Waals surface area contributed by atoms with Crippen molar-refractivity contribution in [3.63, 3.8) is 0 Å². The first-order valence-corrected chi connectivity index (χ1v) is 5.42. The second-order valence-corrected chi connectivity index (χ2v) is 3.99. The summed E-state index contributed by atoms with van der Waals surface area (Å²) in [6.07, 6.45) is 2.14. The van der Waals surface area contributed by atoms with Crippen molar-refractivity contribution in [3.05, 3.63) is 28.4 Å². The van der Waals surface area contributed by atoms with Crippen LogP contribution in [0.2, 0.25) is 0 Å². The summed E-state index contributed by atoms with van der Waals surface area (Å²) in [5.41, 5.74) is 3.62. The molecule has 0 saturated heterocycles. The number of furan rings is 1. The summed E-state index contributed by atoms with van der Waals surface area (Å²) >= 11 is 3.30. The smallest absolute Gasteiger partial charge is 0.176 e. The number of hydrogen-bond donors (Lipinski definition) is 2. The number of aromatic nitrogens is 4. The molecule has 2 aromatic rings. The van der Waals surface area contributed by atoms with E-state index < -0.39 is 0 Å². The largest absolute Gasteiger partial charge is 0.457 e. The normalized spacial score (nSPS) is 12.9. The van der Waals surface area contributed by atoms with Crippen molar-refractivity contribution in [2.24, 2.45) is 12.9 Å². The topological polar surface area (TPSA) is 94.8 Å². The molecule has 2 aromatic heterocycles. The maximum Gasteiger partial charge on any atom is 0.176 e. The van der Waals surface area contributed by atoms with Crippen molar-refractivity contribution >= 4 is 15.9 Å². The van der Waals surface area contributed by atoms with Gasteiger partial charge in [0.05, 0.1) is 19.4 Å². The lowest BCUT2D eigenvalue weighted by Crippen LogP contribution is -2.29. The van der Waals surface area contributed by atoms with Crippen LogP contribution in [0, 0.1) is 0 Å². The molecule has 0 aromatic carbocycles. The molecular weight excluding hydrogens is 276 g/mol. The molecule has 16 heavy (non-hydrogen) atoms. The molecule has 0 fully saturated rings. The molecule has 3 N–H and O–H groups in total. The van der Waals surface area contributed by atoms with E-state index in [0.717, 1.165) is 5.56 Å². The van der Waals surface area contributed by atoms with Gasteiger partial charge >= 0.3 is 0 Å². The fourth-order valence-corrected chi connectivity index (χ4v) is 1.92. The predicted octanol–water partition coefficient (Wildman–Crippen LogP) is 0.313. The number of tetrazole rings is 1. The molecule has 86 valence electrons. The first kappa shape index (κ1) is 11.2. The second-order valence-electron chi connectivity index (χ2n) is 3.27. The summed E-state index contributed by atoms with van der Waals surface area (Å²) < 4.78 is 5.80. The highest BCUT2D eigenvalue weighted by molar-refractivity contribution is 9.10. The third kappa shape index (κ3) is 2.29. The number of hydrazine groups is 1. The van der Waals surface area contributed by atoms with E-state index in [9.17, 15) is 0 Å². The van der Waals surface area contributed by atoms with Gasteiger partial charge in [0.15, 0.2) is 10.5 Å². The number of aryl methyl sites for hydroxylation is 1. The number of nitrogens with two attached hydrogens (primary N) is 1. The molecule has 2 rings (SSSR count). The van der Waals surface area contributed by atoms with Gasteiger partial charge in [0.2, 0.25) is 0 Å². The third-order valence-corrected chi connectivity index (χ3v) is 2.80. The van der Waals surface area contributed by atoms with Crippen LogP contribution in [-0.2, 0) is 13.5 Å². The minimum absolute atomic E-state index is 0.114. The number of nitrogens with one attached hydrogen (secondary N) is 1. The summed E-state index contributed by atoms with van der Waals surface area (Å²) in [6, 6.07) is 1.72. The van der Waals surface area contributed by atoms with Crippen LogP contribution in [0.5, 0.6) is 0 Å². The van der Waals surface area contributed by atoms with Crippen LogP contribution in [0.1, 0.15) is 17.4 Å². The second kappa shape index (κ2) is 4.73. The molecule has 1 atom stereocenters. The van der Waals surface area contributed by atoms with E-state index >= 15 is 0 Å². The Hall–Kier alpha value is -1.25. The molecule has 2 heterocycles. The summed E-state index contributed by atoms with van der Waals surface area (Å²) in [5.74, 6) is 6.12. The molecular formula is C8H11BrN6O. The Morgan fingerprint density at radius 1 is 1.69 bits per heavy atom.